The summed E-state index contributed by atoms with van der Waals surface area (Å²) in [5, 5.41) is 22.4. The Morgan fingerprint density at radius 1 is 0.526 bits per heavy atom. The van der Waals surface area contributed by atoms with Crippen LogP contribution in [-0.2, 0) is 0 Å². The summed E-state index contributed by atoms with van der Waals surface area (Å²) < 4.78 is 2.25. The zero-order chi connectivity index (χ0) is 26.4. The molecule has 0 amide bonds. The van der Waals surface area contributed by atoms with Gasteiger partial charge in [-0.2, -0.15) is 10.5 Å². The van der Waals surface area contributed by atoms with Crippen LogP contribution in [-0.4, -0.2) is 4.57 Å². The molecule has 0 saturated carbocycles. The molecule has 1 heterocycles. The molecule has 1 aromatic heterocycles. The molecule has 0 atom stereocenters. The number of rotatable bonds is 3. The average Bonchev–Trinajstić information content (AvgIpc) is 3.28. The van der Waals surface area contributed by atoms with Gasteiger partial charge in [0.25, 0.3) is 0 Å². The van der Waals surface area contributed by atoms with E-state index in [1.54, 1.807) is 0 Å². The van der Waals surface area contributed by atoms with Crippen LogP contribution < -0.4 is 0 Å². The summed E-state index contributed by atoms with van der Waals surface area (Å²) in [6.07, 6.45) is 0. The minimum atomic E-state index is 0.553. The second-order valence-corrected chi connectivity index (χ2v) is 9.84. The number of para-hydroxylation sites is 1. The topological polar surface area (TPSA) is 52.5 Å². The predicted octanol–water partition coefficient (Wildman–Crippen LogP) is 8.79. The van der Waals surface area contributed by atoms with E-state index in [4.69, 9.17) is 0 Å². The predicted molar refractivity (Wildman–Crippen MR) is 155 cm³/mol. The maximum atomic E-state index is 10.2. The smallest absolute Gasteiger partial charge is 0.0998 e. The van der Waals surface area contributed by atoms with Gasteiger partial charge in [0, 0.05) is 21.9 Å². The fourth-order valence-corrected chi connectivity index (χ4v) is 5.43. The van der Waals surface area contributed by atoms with Gasteiger partial charge in [-0.1, -0.05) is 54.6 Å². The molecule has 5 aromatic carbocycles. The minimum Gasteiger partial charge on any atom is -0.309 e. The van der Waals surface area contributed by atoms with Crippen molar-refractivity contribution in [2.24, 2.45) is 0 Å². The molecule has 0 saturated heterocycles. The lowest BCUT2D eigenvalue weighted by molar-refractivity contribution is 1.15. The van der Waals surface area contributed by atoms with Crippen molar-refractivity contribution in [2.75, 3.05) is 0 Å². The van der Waals surface area contributed by atoms with Gasteiger partial charge in [-0.05, 0) is 91.1 Å². The van der Waals surface area contributed by atoms with E-state index in [2.05, 4.69) is 96.4 Å². The van der Waals surface area contributed by atoms with Crippen LogP contribution in [0.1, 0.15) is 27.8 Å². The number of nitriles is 2. The van der Waals surface area contributed by atoms with Gasteiger partial charge in [0.05, 0.1) is 40.0 Å². The molecule has 0 fully saturated rings. The maximum Gasteiger partial charge on any atom is 0.0998 e. The molecule has 0 aliphatic heterocycles. The largest absolute Gasteiger partial charge is 0.309 e. The zero-order valence-corrected chi connectivity index (χ0v) is 21.6. The van der Waals surface area contributed by atoms with E-state index in [9.17, 15) is 10.5 Å². The summed E-state index contributed by atoms with van der Waals surface area (Å²) in [5.74, 6) is 0. The van der Waals surface area contributed by atoms with Crippen molar-refractivity contribution in [3.05, 3.63) is 125 Å². The highest BCUT2D eigenvalue weighted by Gasteiger charge is 2.18. The van der Waals surface area contributed by atoms with Crippen LogP contribution in [0.15, 0.2) is 97.1 Å². The molecule has 0 bridgehead atoms. The van der Waals surface area contributed by atoms with E-state index >= 15 is 0 Å². The van der Waals surface area contributed by atoms with Crippen LogP contribution >= 0.6 is 0 Å². The highest BCUT2D eigenvalue weighted by molar-refractivity contribution is 6.10. The number of nitrogens with zero attached hydrogens (tertiary/aromatic N) is 3. The van der Waals surface area contributed by atoms with Crippen LogP contribution in [0.25, 0.3) is 49.7 Å². The number of benzene rings is 5. The minimum absolute atomic E-state index is 0.553. The van der Waals surface area contributed by atoms with E-state index in [0.29, 0.717) is 11.1 Å². The number of hydrogen-bond donors (Lipinski definition) is 0. The van der Waals surface area contributed by atoms with Gasteiger partial charge < -0.3 is 4.57 Å². The molecule has 6 rings (SSSR count). The van der Waals surface area contributed by atoms with Gasteiger partial charge >= 0.3 is 0 Å². The van der Waals surface area contributed by atoms with Crippen molar-refractivity contribution in [2.45, 2.75) is 20.8 Å². The fourth-order valence-electron chi connectivity index (χ4n) is 5.43. The monoisotopic (exact) mass is 487 g/mol. The van der Waals surface area contributed by atoms with E-state index in [0.717, 1.165) is 44.5 Å². The summed E-state index contributed by atoms with van der Waals surface area (Å²) in [6, 6.07) is 38.1. The third-order valence-electron chi connectivity index (χ3n) is 7.52. The van der Waals surface area contributed by atoms with Crippen LogP contribution in [0, 0.1) is 43.4 Å². The van der Waals surface area contributed by atoms with Gasteiger partial charge in [0.15, 0.2) is 0 Å². The highest BCUT2D eigenvalue weighted by Crippen LogP contribution is 2.38. The molecule has 0 unspecified atom stereocenters. The molecule has 6 aromatic rings. The second-order valence-electron chi connectivity index (χ2n) is 9.84. The maximum absolute atomic E-state index is 10.2. The molecule has 0 N–H and O–H groups in total. The lowest BCUT2D eigenvalue weighted by Crippen LogP contribution is -2.00. The third kappa shape index (κ3) is 3.65. The van der Waals surface area contributed by atoms with E-state index < -0.39 is 0 Å². The Kier molecular flexibility index (Phi) is 5.56. The zero-order valence-electron chi connectivity index (χ0n) is 21.6. The molecular weight excluding hydrogens is 462 g/mol. The number of hydrogen-bond acceptors (Lipinski definition) is 2. The van der Waals surface area contributed by atoms with Crippen LogP contribution in [0.5, 0.6) is 0 Å². The second kappa shape index (κ2) is 9.07. The molecular formula is C35H25N3. The number of fused-ring (bicyclic) bond motifs is 3. The molecule has 0 radical (unpaired) electrons. The lowest BCUT2D eigenvalue weighted by atomic mass is 9.91. The summed E-state index contributed by atoms with van der Waals surface area (Å²) in [7, 11) is 0. The van der Waals surface area contributed by atoms with Gasteiger partial charge in [0.2, 0.25) is 0 Å². The van der Waals surface area contributed by atoms with E-state index in [-0.39, 0.29) is 0 Å². The van der Waals surface area contributed by atoms with Gasteiger partial charge in [-0.25, -0.2) is 0 Å². The van der Waals surface area contributed by atoms with Crippen molar-refractivity contribution in [1.82, 2.24) is 4.57 Å². The Balaban J connectivity index is 1.62. The van der Waals surface area contributed by atoms with Crippen molar-refractivity contribution >= 4 is 21.8 Å². The summed E-state index contributed by atoms with van der Waals surface area (Å²) >= 11 is 0. The van der Waals surface area contributed by atoms with Crippen LogP contribution in [0.3, 0.4) is 0 Å². The third-order valence-corrected chi connectivity index (χ3v) is 7.52. The summed E-state index contributed by atoms with van der Waals surface area (Å²) in [6.45, 7) is 6.12. The Morgan fingerprint density at radius 2 is 1.13 bits per heavy atom. The number of aryl methyl sites for hydroxylation is 3. The summed E-state index contributed by atoms with van der Waals surface area (Å²) in [4.78, 5) is 0. The first-order valence-corrected chi connectivity index (χ1v) is 12.7. The molecule has 0 aliphatic rings. The fraction of sp³-hybridized carbons (Fsp3) is 0.0857. The first-order chi connectivity index (χ1) is 18.5. The van der Waals surface area contributed by atoms with Gasteiger partial charge in [-0.15, -0.1) is 0 Å². The average molecular weight is 488 g/mol. The molecule has 0 aliphatic carbocycles. The van der Waals surface area contributed by atoms with E-state index in [1.807, 2.05) is 38.1 Å². The Hall–Kier alpha value is -5.12. The lowest BCUT2D eigenvalue weighted by Gasteiger charge is -2.16. The summed E-state index contributed by atoms with van der Waals surface area (Å²) in [5.41, 5.74) is 11.4. The van der Waals surface area contributed by atoms with E-state index in [1.165, 1.54) is 21.9 Å². The molecule has 3 nitrogen and oxygen atoms in total. The number of aromatic nitrogens is 1. The first-order valence-electron chi connectivity index (χ1n) is 12.7. The Bertz CT molecular complexity index is 1960. The van der Waals surface area contributed by atoms with Crippen LogP contribution in [0.2, 0.25) is 0 Å². The SMILES string of the molecule is Cc1cc(C#N)c(-c2cc(C)c(-n3c4ccccc4c4cc(-c5ccccc5)ccc43)cc2C#N)cc1C. The van der Waals surface area contributed by atoms with Crippen LogP contribution in [0.4, 0.5) is 0 Å². The molecule has 3 heteroatoms. The van der Waals surface area contributed by atoms with Crippen molar-refractivity contribution < 1.29 is 0 Å². The molecule has 0 spiro atoms. The van der Waals surface area contributed by atoms with Gasteiger partial charge in [-0.3, -0.25) is 0 Å². The molecule has 180 valence electrons. The standard InChI is InChI=1S/C35H25N3/c1-22-15-27(20-36)30(16-23(22)2)31-17-24(3)35(19-28(31)21-37)38-33-12-8-7-11-29(33)32-18-26(13-14-34(32)38)25-9-5-4-6-10-25/h4-19H,1-3H3. The van der Waals surface area contributed by atoms with Crippen molar-refractivity contribution in [3.8, 4) is 40.1 Å². The highest BCUT2D eigenvalue weighted by atomic mass is 15.0. The Morgan fingerprint density at radius 3 is 1.87 bits per heavy atom. The normalized spacial score (nSPS) is 11.0. The van der Waals surface area contributed by atoms with Crippen molar-refractivity contribution in [3.63, 3.8) is 0 Å². The van der Waals surface area contributed by atoms with Crippen molar-refractivity contribution in [1.29, 1.82) is 10.5 Å². The molecule has 38 heavy (non-hydrogen) atoms. The first kappa shape index (κ1) is 23.3. The van der Waals surface area contributed by atoms with Gasteiger partial charge in [0.1, 0.15) is 0 Å². The quantitative estimate of drug-likeness (QED) is 0.250. The Labute approximate surface area is 222 Å².